The van der Waals surface area contributed by atoms with Crippen LogP contribution >= 0.6 is 0 Å². The highest BCUT2D eigenvalue weighted by Gasteiger charge is 2.29. The highest BCUT2D eigenvalue weighted by atomic mass is 16.5. The van der Waals surface area contributed by atoms with Crippen LogP contribution in [0.25, 0.3) is 0 Å². The van der Waals surface area contributed by atoms with Crippen LogP contribution in [0.5, 0.6) is 0 Å². The molecule has 0 bridgehead atoms. The zero-order chi connectivity index (χ0) is 11.1. The lowest BCUT2D eigenvalue weighted by molar-refractivity contribution is -0.00410. The fraction of sp³-hybridized carbons (Fsp3) is 0.846. The Morgan fingerprint density at radius 2 is 2.07 bits per heavy atom. The van der Waals surface area contributed by atoms with Crippen LogP contribution in [-0.4, -0.2) is 25.8 Å². The van der Waals surface area contributed by atoms with Gasteiger partial charge in [-0.2, -0.15) is 0 Å². The van der Waals surface area contributed by atoms with Crippen molar-refractivity contribution < 1.29 is 4.74 Å². The van der Waals surface area contributed by atoms with Gasteiger partial charge in [-0.3, -0.25) is 0 Å². The average Bonchev–Trinajstić information content (AvgIpc) is 2.30. The monoisotopic (exact) mass is 209 g/mol. The summed E-state index contributed by atoms with van der Waals surface area (Å²) in [6.07, 6.45) is 12.3. The summed E-state index contributed by atoms with van der Waals surface area (Å²) >= 11 is 0. The van der Waals surface area contributed by atoms with Crippen molar-refractivity contribution in [3.05, 3.63) is 0 Å². The van der Waals surface area contributed by atoms with Crippen LogP contribution in [0.1, 0.15) is 39.0 Å². The van der Waals surface area contributed by atoms with Crippen LogP contribution in [0.2, 0.25) is 0 Å². The second kappa shape index (κ2) is 6.87. The Balaban J connectivity index is 2.58. The summed E-state index contributed by atoms with van der Waals surface area (Å²) in [7, 11) is 1.92. The smallest absolute Gasteiger partial charge is 0.0952 e. The SMILES string of the molecule is C#CC(NC)C(OCC)C1CCCCC1. The van der Waals surface area contributed by atoms with Crippen LogP contribution < -0.4 is 5.32 Å². The van der Waals surface area contributed by atoms with Crippen LogP contribution in [0.15, 0.2) is 0 Å². The molecule has 1 aliphatic carbocycles. The fourth-order valence-corrected chi connectivity index (χ4v) is 2.50. The van der Waals surface area contributed by atoms with Crippen molar-refractivity contribution in [2.75, 3.05) is 13.7 Å². The molecule has 0 saturated heterocycles. The Kier molecular flexibility index (Phi) is 5.75. The van der Waals surface area contributed by atoms with Crippen LogP contribution in [0.3, 0.4) is 0 Å². The molecule has 15 heavy (non-hydrogen) atoms. The molecule has 86 valence electrons. The van der Waals surface area contributed by atoms with Crippen molar-refractivity contribution in [1.29, 1.82) is 0 Å². The predicted molar refractivity (Wildman–Crippen MR) is 63.7 cm³/mol. The minimum atomic E-state index is 0.0630. The third kappa shape index (κ3) is 3.52. The van der Waals surface area contributed by atoms with E-state index in [1.54, 1.807) is 0 Å². The quantitative estimate of drug-likeness (QED) is 0.701. The maximum Gasteiger partial charge on any atom is 0.0952 e. The fourth-order valence-electron chi connectivity index (χ4n) is 2.50. The first-order valence-corrected chi connectivity index (χ1v) is 6.08. The Hall–Kier alpha value is -0.520. The second-order valence-electron chi connectivity index (χ2n) is 4.25. The molecule has 2 unspecified atom stereocenters. The van der Waals surface area contributed by atoms with Gasteiger partial charge in [-0.25, -0.2) is 0 Å². The lowest BCUT2D eigenvalue weighted by atomic mass is 9.82. The summed E-state index contributed by atoms with van der Waals surface area (Å²) in [4.78, 5) is 0. The molecule has 1 N–H and O–H groups in total. The number of terminal acetylenes is 1. The second-order valence-corrected chi connectivity index (χ2v) is 4.25. The van der Waals surface area contributed by atoms with Crippen molar-refractivity contribution in [2.24, 2.45) is 5.92 Å². The molecule has 1 saturated carbocycles. The molecule has 0 radical (unpaired) electrons. The number of hydrogen-bond donors (Lipinski definition) is 1. The largest absolute Gasteiger partial charge is 0.376 e. The van der Waals surface area contributed by atoms with Gasteiger partial charge in [0.2, 0.25) is 0 Å². The van der Waals surface area contributed by atoms with Crippen LogP contribution in [-0.2, 0) is 4.74 Å². The molecular formula is C13H23NO. The molecule has 0 heterocycles. The van der Waals surface area contributed by atoms with Crippen LogP contribution in [0, 0.1) is 18.3 Å². The summed E-state index contributed by atoms with van der Waals surface area (Å²) in [6, 6.07) is 0.0630. The number of likely N-dealkylation sites (N-methyl/N-ethyl adjacent to an activating group) is 1. The predicted octanol–water partition coefficient (Wildman–Crippen LogP) is 2.19. The molecule has 0 spiro atoms. The molecule has 0 amide bonds. The van der Waals surface area contributed by atoms with E-state index in [4.69, 9.17) is 11.2 Å². The van der Waals surface area contributed by atoms with Gasteiger partial charge >= 0.3 is 0 Å². The molecule has 1 rings (SSSR count). The minimum Gasteiger partial charge on any atom is -0.376 e. The molecule has 0 aromatic carbocycles. The van der Waals surface area contributed by atoms with Crippen molar-refractivity contribution in [3.8, 4) is 12.3 Å². The molecule has 2 nitrogen and oxygen atoms in total. The maximum absolute atomic E-state index is 5.82. The molecule has 0 aliphatic heterocycles. The van der Waals surface area contributed by atoms with E-state index >= 15 is 0 Å². The lowest BCUT2D eigenvalue weighted by Crippen LogP contribution is -2.43. The minimum absolute atomic E-state index is 0.0630. The maximum atomic E-state index is 5.82. The van der Waals surface area contributed by atoms with E-state index in [0.29, 0.717) is 5.92 Å². The zero-order valence-electron chi connectivity index (χ0n) is 9.96. The summed E-state index contributed by atoms with van der Waals surface area (Å²) in [5.41, 5.74) is 0. The topological polar surface area (TPSA) is 21.3 Å². The van der Waals surface area contributed by atoms with Gasteiger partial charge in [-0.05, 0) is 32.7 Å². The van der Waals surface area contributed by atoms with Gasteiger partial charge in [0.15, 0.2) is 0 Å². The standard InChI is InChI=1S/C13H23NO/c1-4-12(14-3)13(15-5-2)11-9-7-6-8-10-11/h1,11-14H,5-10H2,2-3H3. The third-order valence-electron chi connectivity index (χ3n) is 3.29. The van der Waals surface area contributed by atoms with E-state index in [2.05, 4.69) is 11.2 Å². The van der Waals surface area contributed by atoms with Gasteiger partial charge in [0, 0.05) is 6.61 Å². The molecule has 0 aromatic heterocycles. The zero-order valence-corrected chi connectivity index (χ0v) is 9.96. The molecule has 2 atom stereocenters. The van der Waals surface area contributed by atoms with E-state index in [0.717, 1.165) is 6.61 Å². The summed E-state index contributed by atoms with van der Waals surface area (Å²) in [5.74, 6) is 3.44. The average molecular weight is 209 g/mol. The van der Waals surface area contributed by atoms with E-state index in [9.17, 15) is 0 Å². The summed E-state index contributed by atoms with van der Waals surface area (Å²) < 4.78 is 5.82. The first kappa shape index (κ1) is 12.5. The number of ether oxygens (including phenoxy) is 1. The highest BCUT2D eigenvalue weighted by Crippen LogP contribution is 2.29. The first-order valence-electron chi connectivity index (χ1n) is 6.08. The normalized spacial score (nSPS) is 21.9. The van der Waals surface area contributed by atoms with Crippen LogP contribution in [0.4, 0.5) is 0 Å². The van der Waals surface area contributed by atoms with E-state index < -0.39 is 0 Å². The molecule has 0 aromatic rings. The van der Waals surface area contributed by atoms with Crippen molar-refractivity contribution in [3.63, 3.8) is 0 Å². The first-order chi connectivity index (χ1) is 7.33. The van der Waals surface area contributed by atoms with Gasteiger partial charge in [0.25, 0.3) is 0 Å². The Bertz CT molecular complexity index is 203. The number of rotatable bonds is 5. The summed E-state index contributed by atoms with van der Waals surface area (Å²) in [6.45, 7) is 2.79. The van der Waals surface area contributed by atoms with E-state index in [1.165, 1.54) is 32.1 Å². The molecule has 2 heteroatoms. The summed E-state index contributed by atoms with van der Waals surface area (Å²) in [5, 5.41) is 3.17. The van der Waals surface area contributed by atoms with Gasteiger partial charge in [-0.15, -0.1) is 6.42 Å². The van der Waals surface area contributed by atoms with Crippen molar-refractivity contribution in [2.45, 2.75) is 51.2 Å². The molecular weight excluding hydrogens is 186 g/mol. The van der Waals surface area contributed by atoms with E-state index in [-0.39, 0.29) is 12.1 Å². The lowest BCUT2D eigenvalue weighted by Gasteiger charge is -2.33. The Labute approximate surface area is 93.8 Å². The van der Waals surface area contributed by atoms with Gasteiger partial charge in [0.05, 0.1) is 12.1 Å². The van der Waals surface area contributed by atoms with Gasteiger partial charge < -0.3 is 10.1 Å². The molecule has 1 fully saturated rings. The number of hydrogen-bond acceptors (Lipinski definition) is 2. The molecule has 1 aliphatic rings. The highest BCUT2D eigenvalue weighted by molar-refractivity contribution is 5.04. The van der Waals surface area contributed by atoms with Gasteiger partial charge in [-0.1, -0.05) is 25.2 Å². The van der Waals surface area contributed by atoms with Crippen molar-refractivity contribution >= 4 is 0 Å². The number of nitrogens with one attached hydrogen (secondary N) is 1. The van der Waals surface area contributed by atoms with Crippen molar-refractivity contribution in [1.82, 2.24) is 5.32 Å². The van der Waals surface area contributed by atoms with Gasteiger partial charge in [0.1, 0.15) is 0 Å². The Morgan fingerprint density at radius 3 is 2.53 bits per heavy atom. The van der Waals surface area contributed by atoms with E-state index in [1.807, 2.05) is 14.0 Å². The third-order valence-corrected chi connectivity index (χ3v) is 3.29. The Morgan fingerprint density at radius 1 is 1.40 bits per heavy atom.